The second-order valence-electron chi connectivity index (χ2n) is 30.8. The molecule has 4 heteroatoms. The van der Waals surface area contributed by atoms with E-state index in [0.717, 1.165) is 48.7 Å². The van der Waals surface area contributed by atoms with Crippen LogP contribution in [0.2, 0.25) is 0 Å². The molecule has 0 aliphatic heterocycles. The van der Waals surface area contributed by atoms with Crippen LogP contribution in [0, 0.1) is 0 Å². The van der Waals surface area contributed by atoms with Gasteiger partial charge in [0.1, 0.15) is 23.0 Å². The van der Waals surface area contributed by atoms with E-state index in [9.17, 15) is 0 Å². The van der Waals surface area contributed by atoms with Crippen molar-refractivity contribution < 1.29 is 18.9 Å². The summed E-state index contributed by atoms with van der Waals surface area (Å²) in [6.45, 7) is 40.3. The van der Waals surface area contributed by atoms with Gasteiger partial charge in [0.25, 0.3) is 0 Å². The van der Waals surface area contributed by atoms with E-state index in [2.05, 4.69) is 159 Å². The number of fused-ring (bicyclic) bond motifs is 8. The van der Waals surface area contributed by atoms with Gasteiger partial charge in [-0.2, -0.15) is 0 Å². The molecular weight excluding hydrogens is 1050 g/mol. The number of rotatable bonds is 38. The first-order valence-corrected chi connectivity index (χ1v) is 36.2. The van der Waals surface area contributed by atoms with Crippen LogP contribution in [0.15, 0.2) is 48.5 Å². The zero-order valence-electron chi connectivity index (χ0n) is 59.1. The summed E-state index contributed by atoms with van der Waals surface area (Å²) in [5.41, 5.74) is 15.0. The molecule has 8 bridgehead atoms. The molecule has 0 unspecified atom stereocenters. The van der Waals surface area contributed by atoms with Gasteiger partial charge in [0.2, 0.25) is 0 Å². The lowest BCUT2D eigenvalue weighted by atomic mass is 9.79. The SMILES string of the molecule is CCCCCCCCCCCCCCCCOc1c2cc(C(C)(C)C)cc1Cc1cc(C(C)(C)C)cc(c1OCCC)Cc1cc(C(C)(C)C)cc(c1OCCCCCCCCCCCCCCCC)Cc1cc(C(C)(C)C)cc(c1OCCC)C2. The van der Waals surface area contributed by atoms with Crippen molar-refractivity contribution in [3.05, 3.63) is 115 Å². The highest BCUT2D eigenvalue weighted by Gasteiger charge is 2.30. The van der Waals surface area contributed by atoms with Crippen LogP contribution in [-0.2, 0) is 47.3 Å². The highest BCUT2D eigenvalue weighted by molar-refractivity contribution is 5.60. The molecule has 0 spiro atoms. The monoisotopic (exact) mass is 1180 g/mol. The summed E-state index contributed by atoms with van der Waals surface area (Å²) >= 11 is 0. The Morgan fingerprint density at radius 3 is 0.547 bits per heavy atom. The van der Waals surface area contributed by atoms with Crippen LogP contribution < -0.4 is 18.9 Å². The third-order valence-electron chi connectivity index (χ3n) is 18.3. The number of benzene rings is 4. The molecule has 0 radical (unpaired) electrons. The van der Waals surface area contributed by atoms with Crippen LogP contribution in [0.5, 0.6) is 23.0 Å². The third-order valence-corrected chi connectivity index (χ3v) is 18.3. The highest BCUT2D eigenvalue weighted by atomic mass is 16.5. The molecule has 0 amide bonds. The minimum atomic E-state index is -0.0900. The van der Waals surface area contributed by atoms with E-state index >= 15 is 0 Å². The maximum atomic E-state index is 7.37. The van der Waals surface area contributed by atoms with Gasteiger partial charge in [0, 0.05) is 25.7 Å². The predicted molar refractivity (Wildman–Crippen MR) is 375 cm³/mol. The molecular formula is C82H132O4. The fourth-order valence-electron chi connectivity index (χ4n) is 12.7. The van der Waals surface area contributed by atoms with E-state index in [1.807, 2.05) is 0 Å². The predicted octanol–water partition coefficient (Wildman–Crippen LogP) is 24.9. The van der Waals surface area contributed by atoms with E-state index in [1.54, 1.807) is 0 Å². The average Bonchev–Trinajstić information content (AvgIpc) is 0.973. The molecule has 0 heterocycles. The molecule has 1 aliphatic rings. The lowest BCUT2D eigenvalue weighted by Crippen LogP contribution is -2.18. The van der Waals surface area contributed by atoms with Gasteiger partial charge in [-0.25, -0.2) is 0 Å². The van der Waals surface area contributed by atoms with Crippen molar-refractivity contribution in [2.75, 3.05) is 26.4 Å². The Hall–Kier alpha value is -3.92. The van der Waals surface area contributed by atoms with Gasteiger partial charge in [0.05, 0.1) is 26.4 Å². The topological polar surface area (TPSA) is 36.9 Å². The highest BCUT2D eigenvalue weighted by Crippen LogP contribution is 2.45. The van der Waals surface area contributed by atoms with Gasteiger partial charge in [0.15, 0.2) is 0 Å². The molecule has 0 saturated carbocycles. The number of ether oxygens (including phenoxy) is 4. The van der Waals surface area contributed by atoms with Crippen molar-refractivity contribution in [2.24, 2.45) is 0 Å². The van der Waals surface area contributed by atoms with Crippen LogP contribution in [-0.4, -0.2) is 26.4 Å². The van der Waals surface area contributed by atoms with E-state index in [1.165, 1.54) is 234 Å². The van der Waals surface area contributed by atoms with Gasteiger partial charge in [-0.15, -0.1) is 0 Å². The minimum absolute atomic E-state index is 0.0893. The van der Waals surface area contributed by atoms with Crippen LogP contribution in [0.4, 0.5) is 0 Å². The Labute approximate surface area is 531 Å². The fourth-order valence-corrected chi connectivity index (χ4v) is 12.7. The number of unbranched alkanes of at least 4 members (excludes halogenated alkanes) is 26. The average molecular weight is 1180 g/mol. The molecule has 4 aromatic rings. The van der Waals surface area contributed by atoms with E-state index in [-0.39, 0.29) is 21.7 Å². The summed E-state index contributed by atoms with van der Waals surface area (Å²) in [7, 11) is 0. The first kappa shape index (κ1) is 72.8. The zero-order valence-corrected chi connectivity index (χ0v) is 59.1. The second kappa shape index (κ2) is 37.3. The summed E-state index contributed by atoms with van der Waals surface area (Å²) in [5, 5.41) is 0. The quantitative estimate of drug-likeness (QED) is 0.0369. The van der Waals surface area contributed by atoms with E-state index < -0.39 is 0 Å². The van der Waals surface area contributed by atoms with Crippen LogP contribution >= 0.6 is 0 Å². The standard InChI is InChI=1S/C82H132O4/c1-17-21-23-25-27-29-31-33-35-37-39-41-43-45-49-85-77-67-51-63-55-71(79(5,6)7)57-65(75(63)83-47-19-3)53-69-61-74(82(14,15)16)62-70(78(69)86-50-46-44-42-40-38-36-34-32-30-28-26-24-22-18-2)54-66-58-72(80(8,9)10)56-64(76(66)84-48-20-4)52-68(77)60-73(59-67)81(11,12)13/h55-62H,17-54H2,1-16H3. The maximum Gasteiger partial charge on any atom is 0.126 e. The van der Waals surface area contributed by atoms with Crippen molar-refractivity contribution in [1.29, 1.82) is 0 Å². The largest absolute Gasteiger partial charge is 0.493 e. The molecule has 4 nitrogen and oxygen atoms in total. The lowest BCUT2D eigenvalue weighted by molar-refractivity contribution is 0.296. The number of hydrogen-bond acceptors (Lipinski definition) is 4. The zero-order chi connectivity index (χ0) is 62.6. The van der Waals surface area contributed by atoms with Gasteiger partial charge < -0.3 is 18.9 Å². The van der Waals surface area contributed by atoms with Crippen molar-refractivity contribution in [3.8, 4) is 23.0 Å². The summed E-state index contributed by atoms with van der Waals surface area (Å²) in [5.74, 6) is 4.16. The minimum Gasteiger partial charge on any atom is -0.493 e. The van der Waals surface area contributed by atoms with Gasteiger partial charge in [-0.3, -0.25) is 0 Å². The van der Waals surface area contributed by atoms with E-state index in [4.69, 9.17) is 18.9 Å². The molecule has 0 atom stereocenters. The Morgan fingerprint density at radius 2 is 0.384 bits per heavy atom. The molecule has 0 fully saturated rings. The Morgan fingerprint density at radius 1 is 0.221 bits per heavy atom. The first-order chi connectivity index (χ1) is 41.1. The Bertz CT molecular complexity index is 2280. The van der Waals surface area contributed by atoms with Crippen molar-refractivity contribution in [3.63, 3.8) is 0 Å². The van der Waals surface area contributed by atoms with E-state index in [0.29, 0.717) is 52.1 Å². The maximum absolute atomic E-state index is 7.37. The fraction of sp³-hybridized carbons (Fsp3) is 0.707. The molecule has 484 valence electrons. The van der Waals surface area contributed by atoms with Crippen LogP contribution in [0.3, 0.4) is 0 Å². The molecule has 0 saturated heterocycles. The molecule has 1 aliphatic carbocycles. The molecule has 0 N–H and O–H groups in total. The summed E-state index contributed by atoms with van der Waals surface area (Å²) in [4.78, 5) is 0. The second-order valence-corrected chi connectivity index (χ2v) is 30.8. The summed E-state index contributed by atoms with van der Waals surface area (Å²) in [6.07, 6.45) is 42.2. The smallest absolute Gasteiger partial charge is 0.126 e. The summed E-state index contributed by atoms with van der Waals surface area (Å²) in [6, 6.07) is 19.9. The van der Waals surface area contributed by atoms with Crippen molar-refractivity contribution >= 4 is 0 Å². The van der Waals surface area contributed by atoms with Gasteiger partial charge >= 0.3 is 0 Å². The Kier molecular flexibility index (Phi) is 31.6. The first-order valence-electron chi connectivity index (χ1n) is 36.2. The molecule has 5 rings (SSSR count). The molecule has 0 aromatic heterocycles. The van der Waals surface area contributed by atoms with Crippen LogP contribution in [0.1, 0.15) is 370 Å². The molecule has 86 heavy (non-hydrogen) atoms. The normalized spacial score (nSPS) is 13.1. The van der Waals surface area contributed by atoms with Crippen LogP contribution in [0.25, 0.3) is 0 Å². The molecule has 4 aromatic carbocycles. The Balaban J connectivity index is 1.61. The van der Waals surface area contributed by atoms with Gasteiger partial charge in [-0.05, 0) is 114 Å². The number of hydrogen-bond donors (Lipinski definition) is 0. The van der Waals surface area contributed by atoms with Gasteiger partial charge in [-0.1, -0.05) is 326 Å². The van der Waals surface area contributed by atoms with Crippen molar-refractivity contribution in [2.45, 2.75) is 351 Å². The lowest BCUT2D eigenvalue weighted by Gasteiger charge is -2.29. The van der Waals surface area contributed by atoms with Crippen molar-refractivity contribution in [1.82, 2.24) is 0 Å². The third kappa shape index (κ3) is 24.8. The summed E-state index contributed by atoms with van der Waals surface area (Å²) < 4.78 is 29.1.